The Morgan fingerprint density at radius 3 is 2.88 bits per heavy atom. The fraction of sp³-hybridized carbons (Fsp3) is 0.286. The van der Waals surface area contributed by atoms with Crippen LogP contribution in [0.3, 0.4) is 0 Å². The highest BCUT2D eigenvalue weighted by molar-refractivity contribution is 6.30. The van der Waals surface area contributed by atoms with Crippen LogP contribution in [0, 0.1) is 0 Å². The minimum absolute atomic E-state index is 0.409. The lowest BCUT2D eigenvalue weighted by Gasteiger charge is -2.32. The van der Waals surface area contributed by atoms with Gasteiger partial charge in [0.25, 0.3) is 0 Å². The SMILES string of the molecule is Clc1cccc(-c2cncc(C3CCCN(Cc4cccnc4)C3)n2)c1. The summed E-state index contributed by atoms with van der Waals surface area (Å²) in [5.74, 6) is 0.409. The molecule has 0 saturated carbocycles. The van der Waals surface area contributed by atoms with E-state index in [-0.39, 0.29) is 0 Å². The quantitative estimate of drug-likeness (QED) is 0.680. The molecule has 4 nitrogen and oxygen atoms in total. The van der Waals surface area contributed by atoms with E-state index in [0.717, 1.165) is 48.0 Å². The number of halogens is 1. The van der Waals surface area contributed by atoms with Crippen LogP contribution in [0.2, 0.25) is 5.02 Å². The van der Waals surface area contributed by atoms with Gasteiger partial charge in [0.05, 0.1) is 17.6 Å². The molecule has 0 amide bonds. The molecule has 5 heteroatoms. The Kier molecular flexibility index (Phi) is 5.23. The molecule has 0 aliphatic carbocycles. The standard InChI is InChI=1S/C21H21ClN4/c22-19-7-1-5-17(10-19)20-12-24-13-21(25-20)18-6-3-9-26(15-18)14-16-4-2-8-23-11-16/h1-2,4-5,7-8,10-13,18H,3,6,9,14-15H2. The molecule has 1 saturated heterocycles. The number of rotatable bonds is 4. The lowest BCUT2D eigenvalue weighted by atomic mass is 9.94. The normalized spacial score (nSPS) is 18.0. The van der Waals surface area contributed by atoms with Gasteiger partial charge in [0.15, 0.2) is 0 Å². The zero-order chi connectivity index (χ0) is 17.8. The van der Waals surface area contributed by atoms with Gasteiger partial charge in [-0.15, -0.1) is 0 Å². The van der Waals surface area contributed by atoms with Gasteiger partial charge in [0.2, 0.25) is 0 Å². The van der Waals surface area contributed by atoms with E-state index in [0.29, 0.717) is 5.92 Å². The average Bonchev–Trinajstić information content (AvgIpc) is 2.69. The van der Waals surface area contributed by atoms with Gasteiger partial charge >= 0.3 is 0 Å². The van der Waals surface area contributed by atoms with Crippen molar-refractivity contribution in [2.45, 2.75) is 25.3 Å². The van der Waals surface area contributed by atoms with Gasteiger partial charge in [-0.25, -0.2) is 4.98 Å². The first-order chi connectivity index (χ1) is 12.8. The molecular weight excluding hydrogens is 344 g/mol. The van der Waals surface area contributed by atoms with Crippen molar-refractivity contribution in [2.24, 2.45) is 0 Å². The van der Waals surface area contributed by atoms with E-state index < -0.39 is 0 Å². The van der Waals surface area contributed by atoms with Crippen molar-refractivity contribution in [2.75, 3.05) is 13.1 Å². The van der Waals surface area contributed by atoms with E-state index >= 15 is 0 Å². The summed E-state index contributed by atoms with van der Waals surface area (Å²) < 4.78 is 0. The highest BCUT2D eigenvalue weighted by Crippen LogP contribution is 2.28. The van der Waals surface area contributed by atoms with Crippen molar-refractivity contribution < 1.29 is 0 Å². The van der Waals surface area contributed by atoms with Gasteiger partial charge in [-0.2, -0.15) is 0 Å². The summed E-state index contributed by atoms with van der Waals surface area (Å²) in [6, 6.07) is 11.9. The lowest BCUT2D eigenvalue weighted by Crippen LogP contribution is -2.34. The maximum Gasteiger partial charge on any atom is 0.0889 e. The number of hydrogen-bond donors (Lipinski definition) is 0. The summed E-state index contributed by atoms with van der Waals surface area (Å²) in [5.41, 5.74) is 4.22. The number of nitrogens with zero attached hydrogens (tertiary/aromatic N) is 4. The topological polar surface area (TPSA) is 41.9 Å². The predicted molar refractivity (Wildman–Crippen MR) is 104 cm³/mol. The van der Waals surface area contributed by atoms with Gasteiger partial charge in [0, 0.05) is 48.2 Å². The molecule has 1 aliphatic rings. The lowest BCUT2D eigenvalue weighted by molar-refractivity contribution is 0.198. The van der Waals surface area contributed by atoms with Gasteiger partial charge in [-0.3, -0.25) is 14.9 Å². The predicted octanol–water partition coefficient (Wildman–Crippen LogP) is 4.57. The van der Waals surface area contributed by atoms with Crippen LogP contribution in [0.4, 0.5) is 0 Å². The van der Waals surface area contributed by atoms with Crippen LogP contribution in [-0.2, 0) is 6.54 Å². The van der Waals surface area contributed by atoms with Crippen LogP contribution in [0.15, 0.2) is 61.2 Å². The highest BCUT2D eigenvalue weighted by atomic mass is 35.5. The van der Waals surface area contributed by atoms with E-state index in [1.165, 1.54) is 12.0 Å². The summed E-state index contributed by atoms with van der Waals surface area (Å²) in [5, 5.41) is 0.718. The fourth-order valence-corrected chi connectivity index (χ4v) is 3.75. The molecule has 1 fully saturated rings. The number of piperidine rings is 1. The van der Waals surface area contributed by atoms with Crippen LogP contribution in [0.1, 0.15) is 30.0 Å². The third-order valence-electron chi connectivity index (χ3n) is 4.83. The third kappa shape index (κ3) is 4.09. The van der Waals surface area contributed by atoms with Crippen molar-refractivity contribution in [1.29, 1.82) is 0 Å². The van der Waals surface area contributed by atoms with Crippen molar-refractivity contribution in [3.63, 3.8) is 0 Å². The molecule has 1 unspecified atom stereocenters. The molecular formula is C21H21ClN4. The van der Waals surface area contributed by atoms with Crippen molar-refractivity contribution in [3.05, 3.63) is 77.5 Å². The number of pyridine rings is 1. The van der Waals surface area contributed by atoms with Crippen LogP contribution in [-0.4, -0.2) is 32.9 Å². The van der Waals surface area contributed by atoms with E-state index in [1.54, 1.807) is 0 Å². The smallest absolute Gasteiger partial charge is 0.0889 e. The van der Waals surface area contributed by atoms with Gasteiger partial charge in [-0.05, 0) is 43.1 Å². The summed E-state index contributed by atoms with van der Waals surface area (Å²) in [6.07, 6.45) is 9.81. The molecule has 26 heavy (non-hydrogen) atoms. The number of likely N-dealkylation sites (tertiary alicyclic amines) is 1. The zero-order valence-corrected chi connectivity index (χ0v) is 15.3. The average molecular weight is 365 g/mol. The minimum atomic E-state index is 0.409. The van der Waals surface area contributed by atoms with E-state index in [1.807, 2.05) is 55.1 Å². The molecule has 3 aromatic rings. The summed E-state index contributed by atoms with van der Waals surface area (Å²) in [4.78, 5) is 16.0. The Bertz CT molecular complexity index is 869. The maximum atomic E-state index is 6.12. The second-order valence-corrected chi connectivity index (χ2v) is 7.21. The third-order valence-corrected chi connectivity index (χ3v) is 5.06. The highest BCUT2D eigenvalue weighted by Gasteiger charge is 2.23. The Morgan fingerprint density at radius 1 is 1.08 bits per heavy atom. The second kappa shape index (κ2) is 7.94. The molecule has 3 heterocycles. The molecule has 4 rings (SSSR count). The van der Waals surface area contributed by atoms with E-state index in [4.69, 9.17) is 16.6 Å². The zero-order valence-electron chi connectivity index (χ0n) is 14.6. The van der Waals surface area contributed by atoms with Gasteiger partial charge < -0.3 is 0 Å². The van der Waals surface area contributed by atoms with Crippen molar-refractivity contribution in [1.82, 2.24) is 19.9 Å². The van der Waals surface area contributed by atoms with Crippen LogP contribution in [0.5, 0.6) is 0 Å². The van der Waals surface area contributed by atoms with Crippen molar-refractivity contribution in [3.8, 4) is 11.3 Å². The molecule has 0 spiro atoms. The van der Waals surface area contributed by atoms with E-state index in [2.05, 4.69) is 20.9 Å². The monoisotopic (exact) mass is 364 g/mol. The fourth-order valence-electron chi connectivity index (χ4n) is 3.56. The Morgan fingerprint density at radius 2 is 2.04 bits per heavy atom. The molecule has 0 N–H and O–H groups in total. The molecule has 2 aromatic heterocycles. The first-order valence-corrected chi connectivity index (χ1v) is 9.35. The van der Waals surface area contributed by atoms with Crippen molar-refractivity contribution >= 4 is 11.6 Å². The summed E-state index contributed by atoms with van der Waals surface area (Å²) >= 11 is 6.12. The number of aromatic nitrogens is 3. The largest absolute Gasteiger partial charge is 0.298 e. The molecule has 0 radical (unpaired) electrons. The minimum Gasteiger partial charge on any atom is -0.298 e. The van der Waals surface area contributed by atoms with Gasteiger partial charge in [0.1, 0.15) is 0 Å². The number of benzene rings is 1. The molecule has 132 valence electrons. The molecule has 1 atom stereocenters. The van der Waals surface area contributed by atoms with E-state index in [9.17, 15) is 0 Å². The summed E-state index contributed by atoms with van der Waals surface area (Å²) in [7, 11) is 0. The number of hydrogen-bond acceptors (Lipinski definition) is 4. The maximum absolute atomic E-state index is 6.12. The van der Waals surface area contributed by atoms with Crippen LogP contribution in [0.25, 0.3) is 11.3 Å². The molecule has 1 aliphatic heterocycles. The molecule has 1 aromatic carbocycles. The first-order valence-electron chi connectivity index (χ1n) is 8.97. The molecule has 0 bridgehead atoms. The first kappa shape index (κ1) is 17.1. The second-order valence-electron chi connectivity index (χ2n) is 6.78. The summed E-state index contributed by atoms with van der Waals surface area (Å²) in [6.45, 7) is 3.06. The van der Waals surface area contributed by atoms with Crippen LogP contribution >= 0.6 is 11.6 Å². The Balaban J connectivity index is 1.51. The Labute approximate surface area is 158 Å². The van der Waals surface area contributed by atoms with Gasteiger partial charge in [-0.1, -0.05) is 29.8 Å². The Hall–Kier alpha value is -2.30. The van der Waals surface area contributed by atoms with Crippen LogP contribution < -0.4 is 0 Å².